The summed E-state index contributed by atoms with van der Waals surface area (Å²) in [5.74, 6) is -0.327. The third-order valence-corrected chi connectivity index (χ3v) is 3.80. The van der Waals surface area contributed by atoms with Crippen molar-refractivity contribution >= 4 is 43.5 Å². The van der Waals surface area contributed by atoms with Crippen molar-refractivity contribution in [2.24, 2.45) is 0 Å². The number of carbonyl (C=O) groups excluding carboxylic acids is 1. The van der Waals surface area contributed by atoms with Gasteiger partial charge in [0, 0.05) is 14.6 Å². The van der Waals surface area contributed by atoms with Gasteiger partial charge in [0.1, 0.15) is 0 Å². The molecule has 1 unspecified atom stereocenters. The maximum Gasteiger partial charge on any atom is 0.332 e. The van der Waals surface area contributed by atoms with Gasteiger partial charge in [-0.15, -0.1) is 0 Å². The number of esters is 1. The quantitative estimate of drug-likeness (QED) is 0.768. The summed E-state index contributed by atoms with van der Waals surface area (Å²) in [7, 11) is 1.39. The van der Waals surface area contributed by atoms with Crippen LogP contribution in [-0.2, 0) is 9.53 Å². The van der Waals surface area contributed by atoms with Crippen LogP contribution in [0.4, 0.5) is 5.69 Å². The molecule has 2 aromatic rings. The lowest BCUT2D eigenvalue weighted by molar-refractivity contribution is -0.141. The molecule has 2 aromatic carbocycles. The van der Waals surface area contributed by atoms with Crippen molar-refractivity contribution < 1.29 is 9.53 Å². The van der Waals surface area contributed by atoms with Crippen molar-refractivity contribution in [1.29, 1.82) is 0 Å². The minimum Gasteiger partial charge on any atom is -0.467 e. The van der Waals surface area contributed by atoms with E-state index in [1.54, 1.807) is 0 Å². The number of nitrogens with one attached hydrogen (secondary N) is 1. The summed E-state index contributed by atoms with van der Waals surface area (Å²) >= 11 is 6.79. The Bertz CT molecular complexity index is 599. The molecule has 0 fully saturated rings. The largest absolute Gasteiger partial charge is 0.467 e. The first kappa shape index (κ1) is 15.1. The van der Waals surface area contributed by atoms with E-state index in [1.165, 1.54) is 7.11 Å². The minimum atomic E-state index is -0.539. The van der Waals surface area contributed by atoms with Crippen molar-refractivity contribution in [2.45, 2.75) is 6.04 Å². The monoisotopic (exact) mass is 397 g/mol. The summed E-state index contributed by atoms with van der Waals surface area (Å²) in [4.78, 5) is 12.0. The Morgan fingerprint density at radius 2 is 1.80 bits per heavy atom. The van der Waals surface area contributed by atoms with E-state index in [9.17, 15) is 4.79 Å². The van der Waals surface area contributed by atoms with E-state index in [1.807, 2.05) is 48.5 Å². The van der Waals surface area contributed by atoms with Crippen LogP contribution in [0.3, 0.4) is 0 Å². The molecule has 0 aliphatic carbocycles. The lowest BCUT2D eigenvalue weighted by atomic mass is 10.1. The molecule has 5 heteroatoms. The molecule has 0 heterocycles. The Morgan fingerprint density at radius 3 is 2.40 bits per heavy atom. The van der Waals surface area contributed by atoms with E-state index >= 15 is 0 Å². The molecule has 3 nitrogen and oxygen atoms in total. The average Bonchev–Trinajstić information content (AvgIpc) is 2.45. The number of ether oxygens (including phenoxy) is 1. The molecule has 1 atom stereocenters. The second kappa shape index (κ2) is 6.90. The second-order valence-corrected chi connectivity index (χ2v) is 5.99. The van der Waals surface area contributed by atoms with Gasteiger partial charge in [-0.05, 0) is 35.9 Å². The van der Waals surface area contributed by atoms with E-state index in [4.69, 9.17) is 4.74 Å². The molecule has 0 aliphatic rings. The van der Waals surface area contributed by atoms with Gasteiger partial charge >= 0.3 is 5.97 Å². The highest BCUT2D eigenvalue weighted by molar-refractivity contribution is 9.10. The van der Waals surface area contributed by atoms with Crippen molar-refractivity contribution in [1.82, 2.24) is 0 Å². The zero-order chi connectivity index (χ0) is 14.5. The fourth-order valence-corrected chi connectivity index (χ4v) is 2.46. The highest BCUT2D eigenvalue weighted by atomic mass is 79.9. The summed E-state index contributed by atoms with van der Waals surface area (Å²) in [6, 6.07) is 14.7. The molecule has 20 heavy (non-hydrogen) atoms. The summed E-state index contributed by atoms with van der Waals surface area (Å²) in [6.45, 7) is 0. The number of methoxy groups -OCH3 is 1. The third kappa shape index (κ3) is 3.84. The molecule has 0 aliphatic heterocycles. The van der Waals surface area contributed by atoms with Gasteiger partial charge in [-0.3, -0.25) is 0 Å². The van der Waals surface area contributed by atoms with Crippen LogP contribution in [0.1, 0.15) is 11.6 Å². The Morgan fingerprint density at radius 1 is 1.10 bits per heavy atom. The molecule has 0 spiro atoms. The molecule has 0 radical (unpaired) electrons. The van der Waals surface area contributed by atoms with E-state index in [-0.39, 0.29) is 5.97 Å². The maximum absolute atomic E-state index is 12.0. The van der Waals surface area contributed by atoms with Gasteiger partial charge in [0.15, 0.2) is 6.04 Å². The molecule has 2 rings (SSSR count). The molecule has 1 N–H and O–H groups in total. The van der Waals surface area contributed by atoms with Crippen molar-refractivity contribution in [3.63, 3.8) is 0 Å². The molecular weight excluding hydrogens is 386 g/mol. The smallest absolute Gasteiger partial charge is 0.332 e. The van der Waals surface area contributed by atoms with Gasteiger partial charge in [-0.25, -0.2) is 4.79 Å². The zero-order valence-electron chi connectivity index (χ0n) is 10.8. The molecule has 0 saturated carbocycles. The van der Waals surface area contributed by atoms with Crippen LogP contribution in [0.2, 0.25) is 0 Å². The van der Waals surface area contributed by atoms with Crippen molar-refractivity contribution in [3.05, 3.63) is 63.0 Å². The average molecular weight is 399 g/mol. The molecular formula is C15H13Br2NO2. The first-order valence-electron chi connectivity index (χ1n) is 5.95. The van der Waals surface area contributed by atoms with E-state index in [0.29, 0.717) is 0 Å². The molecule has 0 saturated heterocycles. The maximum atomic E-state index is 12.0. The predicted molar refractivity (Wildman–Crippen MR) is 86.7 cm³/mol. The summed E-state index contributed by atoms with van der Waals surface area (Å²) in [5.41, 5.74) is 1.69. The molecule has 0 aromatic heterocycles. The van der Waals surface area contributed by atoms with Crippen LogP contribution in [0.25, 0.3) is 0 Å². The number of hydrogen-bond donors (Lipinski definition) is 1. The van der Waals surface area contributed by atoms with Gasteiger partial charge in [-0.1, -0.05) is 50.1 Å². The topological polar surface area (TPSA) is 38.3 Å². The van der Waals surface area contributed by atoms with Crippen LogP contribution >= 0.6 is 31.9 Å². The highest BCUT2D eigenvalue weighted by Crippen LogP contribution is 2.24. The number of rotatable bonds is 4. The first-order chi connectivity index (χ1) is 9.60. The fraction of sp³-hybridized carbons (Fsp3) is 0.133. The van der Waals surface area contributed by atoms with Gasteiger partial charge in [0.25, 0.3) is 0 Å². The van der Waals surface area contributed by atoms with E-state index in [0.717, 1.165) is 20.2 Å². The number of benzene rings is 2. The lowest BCUT2D eigenvalue weighted by Crippen LogP contribution is -2.22. The van der Waals surface area contributed by atoms with Crippen LogP contribution in [0.15, 0.2) is 57.5 Å². The van der Waals surface area contributed by atoms with Gasteiger partial charge in [-0.2, -0.15) is 0 Å². The summed E-state index contributed by atoms with van der Waals surface area (Å²) in [5, 5.41) is 3.19. The molecule has 0 bridgehead atoms. The van der Waals surface area contributed by atoms with Gasteiger partial charge < -0.3 is 10.1 Å². The van der Waals surface area contributed by atoms with Gasteiger partial charge in [0.2, 0.25) is 0 Å². The van der Waals surface area contributed by atoms with Crippen LogP contribution in [-0.4, -0.2) is 13.1 Å². The van der Waals surface area contributed by atoms with Crippen molar-refractivity contribution in [2.75, 3.05) is 12.4 Å². The van der Waals surface area contributed by atoms with E-state index in [2.05, 4.69) is 37.2 Å². The van der Waals surface area contributed by atoms with Crippen LogP contribution in [0, 0.1) is 0 Å². The number of halogens is 2. The zero-order valence-corrected chi connectivity index (χ0v) is 13.9. The third-order valence-electron chi connectivity index (χ3n) is 2.78. The fourth-order valence-electron chi connectivity index (χ4n) is 1.80. The highest BCUT2D eigenvalue weighted by Gasteiger charge is 2.21. The molecule has 0 amide bonds. The number of hydrogen-bond acceptors (Lipinski definition) is 3. The van der Waals surface area contributed by atoms with Crippen molar-refractivity contribution in [3.8, 4) is 0 Å². The summed E-state index contributed by atoms with van der Waals surface area (Å²) < 4.78 is 6.79. The lowest BCUT2D eigenvalue weighted by Gasteiger charge is -2.18. The Balaban J connectivity index is 2.28. The van der Waals surface area contributed by atoms with Crippen LogP contribution in [0.5, 0.6) is 0 Å². The van der Waals surface area contributed by atoms with E-state index < -0.39 is 6.04 Å². The SMILES string of the molecule is COC(=O)C(Nc1cccc(Br)c1)c1ccc(Br)cc1. The Kier molecular flexibility index (Phi) is 5.20. The number of anilines is 1. The van der Waals surface area contributed by atoms with Gasteiger partial charge in [0.05, 0.1) is 7.11 Å². The predicted octanol–water partition coefficient (Wildman–Crippen LogP) is 4.54. The van der Waals surface area contributed by atoms with Crippen LogP contribution < -0.4 is 5.32 Å². The number of carbonyl (C=O) groups is 1. The minimum absolute atomic E-state index is 0.327. The normalized spacial score (nSPS) is 11.8. The Hall–Kier alpha value is -1.33. The first-order valence-corrected chi connectivity index (χ1v) is 7.54. The molecule has 104 valence electrons. The second-order valence-electron chi connectivity index (χ2n) is 4.16. The summed E-state index contributed by atoms with van der Waals surface area (Å²) in [6.07, 6.45) is 0. The standard InChI is InChI=1S/C15H13Br2NO2/c1-20-15(19)14(10-5-7-11(16)8-6-10)18-13-4-2-3-12(17)9-13/h2-9,14,18H,1H3. The Labute approximate surface area is 134 Å².